The lowest BCUT2D eigenvalue weighted by Gasteiger charge is -2.18. The molecule has 6 nitrogen and oxygen atoms in total. The van der Waals surface area contributed by atoms with Gasteiger partial charge in [0, 0.05) is 19.3 Å². The molecule has 0 rings (SSSR count). The first-order valence-corrected chi connectivity index (χ1v) is 24.9. The van der Waals surface area contributed by atoms with Crippen LogP contribution in [-0.4, -0.2) is 37.2 Å². The summed E-state index contributed by atoms with van der Waals surface area (Å²) >= 11 is 0. The monoisotopic (exact) mass is 793 g/mol. The van der Waals surface area contributed by atoms with Crippen LogP contribution < -0.4 is 0 Å². The molecule has 0 heterocycles. The van der Waals surface area contributed by atoms with Crippen molar-refractivity contribution in [2.24, 2.45) is 5.92 Å². The number of unbranched alkanes of at least 4 members (excludes halogenated alkanes) is 32. The first-order chi connectivity index (χ1) is 27.4. The van der Waals surface area contributed by atoms with E-state index in [2.05, 4.69) is 27.7 Å². The Morgan fingerprint density at radius 1 is 0.339 bits per heavy atom. The van der Waals surface area contributed by atoms with E-state index in [9.17, 15) is 14.4 Å². The van der Waals surface area contributed by atoms with Gasteiger partial charge in [0.1, 0.15) is 13.2 Å². The number of ether oxygens (including phenoxy) is 3. The van der Waals surface area contributed by atoms with Gasteiger partial charge in [0.05, 0.1) is 0 Å². The molecule has 0 N–H and O–H groups in total. The molecule has 0 aromatic rings. The van der Waals surface area contributed by atoms with Crippen LogP contribution in [0.4, 0.5) is 0 Å². The maximum atomic E-state index is 12.8. The average Bonchev–Trinajstić information content (AvgIpc) is 3.18. The van der Waals surface area contributed by atoms with Crippen molar-refractivity contribution in [2.75, 3.05) is 13.2 Å². The third-order valence-electron chi connectivity index (χ3n) is 11.3. The Balaban J connectivity index is 4.31. The molecule has 0 amide bonds. The fraction of sp³-hybridized carbons (Fsp3) is 0.940. The van der Waals surface area contributed by atoms with Crippen LogP contribution in [0.5, 0.6) is 0 Å². The van der Waals surface area contributed by atoms with E-state index in [0.29, 0.717) is 19.3 Å². The molecule has 0 saturated carbocycles. The van der Waals surface area contributed by atoms with Crippen LogP contribution in [0.1, 0.15) is 278 Å². The minimum absolute atomic E-state index is 0.0633. The highest BCUT2D eigenvalue weighted by molar-refractivity contribution is 5.71. The van der Waals surface area contributed by atoms with E-state index in [0.717, 1.165) is 63.7 Å². The molecule has 0 spiro atoms. The van der Waals surface area contributed by atoms with E-state index in [1.54, 1.807) is 0 Å². The largest absolute Gasteiger partial charge is 0.462 e. The van der Waals surface area contributed by atoms with Crippen LogP contribution in [0.2, 0.25) is 0 Å². The Bertz CT molecular complexity index is 841. The molecule has 0 saturated heterocycles. The number of carbonyl (C=O) groups excluding carboxylic acids is 3. The number of rotatable bonds is 45. The Hall–Kier alpha value is -1.59. The summed E-state index contributed by atoms with van der Waals surface area (Å²) in [6, 6.07) is 0. The van der Waals surface area contributed by atoms with Crippen LogP contribution in [-0.2, 0) is 28.6 Å². The second-order valence-corrected chi connectivity index (χ2v) is 17.6. The lowest BCUT2D eigenvalue weighted by molar-refractivity contribution is -0.167. The molecular formula is C50H96O6. The molecule has 0 aromatic carbocycles. The van der Waals surface area contributed by atoms with Crippen molar-refractivity contribution in [2.45, 2.75) is 284 Å². The van der Waals surface area contributed by atoms with E-state index >= 15 is 0 Å². The van der Waals surface area contributed by atoms with Crippen molar-refractivity contribution in [3.8, 4) is 0 Å². The van der Waals surface area contributed by atoms with E-state index < -0.39 is 6.10 Å². The van der Waals surface area contributed by atoms with E-state index in [1.807, 2.05) is 0 Å². The highest BCUT2D eigenvalue weighted by atomic mass is 16.6. The van der Waals surface area contributed by atoms with Crippen LogP contribution in [0.15, 0.2) is 0 Å². The molecule has 0 radical (unpaired) electrons. The summed E-state index contributed by atoms with van der Waals surface area (Å²) in [7, 11) is 0. The molecule has 1 atom stereocenters. The highest BCUT2D eigenvalue weighted by Gasteiger charge is 2.19. The second-order valence-electron chi connectivity index (χ2n) is 17.6. The molecule has 56 heavy (non-hydrogen) atoms. The molecule has 0 bridgehead atoms. The number of esters is 3. The van der Waals surface area contributed by atoms with E-state index in [1.165, 1.54) is 173 Å². The third kappa shape index (κ3) is 43.5. The molecule has 0 aliphatic heterocycles. The number of carbonyl (C=O) groups is 3. The van der Waals surface area contributed by atoms with Gasteiger partial charge in [-0.3, -0.25) is 14.4 Å². The Morgan fingerprint density at radius 3 is 0.875 bits per heavy atom. The highest BCUT2D eigenvalue weighted by Crippen LogP contribution is 2.17. The van der Waals surface area contributed by atoms with Gasteiger partial charge in [-0.05, 0) is 25.2 Å². The van der Waals surface area contributed by atoms with Crippen LogP contribution in [0.3, 0.4) is 0 Å². The topological polar surface area (TPSA) is 78.9 Å². The standard InChI is InChI=1S/C50H96O6/c1-5-7-9-11-13-15-17-18-19-20-22-26-31-35-39-43-50(53)56-47(44-54-48(51)41-37-33-29-25-21-16-14-12-10-8-6-2)45-55-49(52)42-38-34-30-27-23-24-28-32-36-40-46(3)4/h46-47H,5-45H2,1-4H3/t47-/m0/s1. The van der Waals surface area contributed by atoms with Gasteiger partial charge in [-0.15, -0.1) is 0 Å². The van der Waals surface area contributed by atoms with Crippen LogP contribution in [0.25, 0.3) is 0 Å². The molecule has 0 fully saturated rings. The molecule has 6 heteroatoms. The van der Waals surface area contributed by atoms with Gasteiger partial charge >= 0.3 is 17.9 Å². The first-order valence-electron chi connectivity index (χ1n) is 24.9. The Kier molecular flexibility index (Phi) is 43.2. The summed E-state index contributed by atoms with van der Waals surface area (Å²) in [5, 5.41) is 0. The third-order valence-corrected chi connectivity index (χ3v) is 11.3. The summed E-state index contributed by atoms with van der Waals surface area (Å²) in [5.41, 5.74) is 0. The van der Waals surface area contributed by atoms with E-state index in [-0.39, 0.29) is 31.1 Å². The number of hydrogen-bond donors (Lipinski definition) is 0. The quantitative estimate of drug-likeness (QED) is 0.0347. The average molecular weight is 793 g/mol. The second kappa shape index (κ2) is 44.5. The fourth-order valence-electron chi connectivity index (χ4n) is 7.51. The minimum atomic E-state index is -0.760. The molecular weight excluding hydrogens is 697 g/mol. The summed E-state index contributed by atoms with van der Waals surface area (Å²) in [6.07, 6.45) is 45.1. The van der Waals surface area contributed by atoms with Crippen LogP contribution >= 0.6 is 0 Å². The zero-order valence-corrected chi connectivity index (χ0v) is 38.1. The zero-order chi connectivity index (χ0) is 41.0. The molecule has 0 unspecified atom stereocenters. The maximum absolute atomic E-state index is 12.8. The Morgan fingerprint density at radius 2 is 0.589 bits per heavy atom. The van der Waals surface area contributed by atoms with Crippen molar-refractivity contribution >= 4 is 17.9 Å². The number of hydrogen-bond acceptors (Lipinski definition) is 6. The SMILES string of the molecule is CCCCCCCCCCCCCCCCCC(=O)O[C@@H](COC(=O)CCCCCCCCCCCCC)COC(=O)CCCCCCCCCCCC(C)C. The summed E-state index contributed by atoms with van der Waals surface area (Å²) in [4.78, 5) is 37.8. The predicted molar refractivity (Wildman–Crippen MR) is 238 cm³/mol. The Labute approximate surface area is 348 Å². The smallest absolute Gasteiger partial charge is 0.306 e. The van der Waals surface area contributed by atoms with Gasteiger partial charge in [0.2, 0.25) is 0 Å². The predicted octanol–water partition coefficient (Wildman–Crippen LogP) is 15.9. The summed E-state index contributed by atoms with van der Waals surface area (Å²) in [6.45, 7) is 8.99. The first kappa shape index (κ1) is 54.4. The minimum Gasteiger partial charge on any atom is -0.462 e. The molecule has 332 valence electrons. The summed E-state index contributed by atoms with van der Waals surface area (Å²) < 4.78 is 16.8. The van der Waals surface area contributed by atoms with Crippen molar-refractivity contribution < 1.29 is 28.6 Å². The van der Waals surface area contributed by atoms with E-state index in [4.69, 9.17) is 14.2 Å². The normalized spacial score (nSPS) is 11.9. The van der Waals surface area contributed by atoms with Gasteiger partial charge in [-0.2, -0.15) is 0 Å². The lowest BCUT2D eigenvalue weighted by Crippen LogP contribution is -2.30. The van der Waals surface area contributed by atoms with Gasteiger partial charge in [0.15, 0.2) is 6.10 Å². The van der Waals surface area contributed by atoms with Gasteiger partial charge in [-0.25, -0.2) is 0 Å². The van der Waals surface area contributed by atoms with Crippen molar-refractivity contribution in [1.29, 1.82) is 0 Å². The van der Waals surface area contributed by atoms with Crippen molar-refractivity contribution in [3.05, 3.63) is 0 Å². The van der Waals surface area contributed by atoms with Gasteiger partial charge in [0.25, 0.3) is 0 Å². The van der Waals surface area contributed by atoms with Gasteiger partial charge < -0.3 is 14.2 Å². The van der Waals surface area contributed by atoms with Crippen LogP contribution in [0, 0.1) is 5.92 Å². The molecule has 0 aromatic heterocycles. The summed E-state index contributed by atoms with van der Waals surface area (Å²) in [5.74, 6) is -0.0400. The molecule has 0 aliphatic rings. The van der Waals surface area contributed by atoms with Gasteiger partial charge in [-0.1, -0.05) is 240 Å². The fourth-order valence-corrected chi connectivity index (χ4v) is 7.51. The maximum Gasteiger partial charge on any atom is 0.306 e. The van der Waals surface area contributed by atoms with Crippen molar-refractivity contribution in [3.63, 3.8) is 0 Å². The zero-order valence-electron chi connectivity index (χ0n) is 38.1. The van der Waals surface area contributed by atoms with Crippen molar-refractivity contribution in [1.82, 2.24) is 0 Å². The molecule has 0 aliphatic carbocycles. The lowest BCUT2D eigenvalue weighted by atomic mass is 10.0.